The first-order valence-corrected chi connectivity index (χ1v) is 9.46. The predicted molar refractivity (Wildman–Crippen MR) is 92.9 cm³/mol. The van der Waals surface area contributed by atoms with Gasteiger partial charge in [-0.2, -0.15) is 5.06 Å². The molecule has 21 heavy (non-hydrogen) atoms. The van der Waals surface area contributed by atoms with Gasteiger partial charge in [0.15, 0.2) is 0 Å². The van der Waals surface area contributed by atoms with Gasteiger partial charge in [-0.05, 0) is 45.0 Å². The van der Waals surface area contributed by atoms with E-state index in [4.69, 9.17) is 4.74 Å². The highest BCUT2D eigenvalue weighted by Crippen LogP contribution is 2.38. The zero-order valence-electron chi connectivity index (χ0n) is 13.8. The number of rotatable bonds is 7. The van der Waals surface area contributed by atoms with Gasteiger partial charge in [-0.15, -0.1) is 0 Å². The van der Waals surface area contributed by atoms with E-state index in [1.54, 1.807) is 0 Å². The first-order valence-electron chi connectivity index (χ1n) is 7.94. The number of carbonyl (C=O) groups is 1. The van der Waals surface area contributed by atoms with Crippen LogP contribution in [0.4, 0.5) is 0 Å². The van der Waals surface area contributed by atoms with Gasteiger partial charge in [0.05, 0.1) is 0 Å². The molecule has 4 nitrogen and oxygen atoms in total. The van der Waals surface area contributed by atoms with Crippen LogP contribution < -0.4 is 0 Å². The monoisotopic (exact) mass is 411 g/mol. The van der Waals surface area contributed by atoms with Gasteiger partial charge in [0.2, 0.25) is 0 Å². The maximum Gasteiger partial charge on any atom is 0.306 e. The molecule has 1 N–H and O–H groups in total. The normalized spacial score (nSPS) is 22.2. The van der Waals surface area contributed by atoms with Gasteiger partial charge in [0.25, 0.3) is 0 Å². The van der Waals surface area contributed by atoms with E-state index in [9.17, 15) is 10.0 Å². The second kappa shape index (κ2) is 8.11. The van der Waals surface area contributed by atoms with E-state index in [1.807, 2.05) is 27.7 Å². The molecule has 0 aliphatic carbocycles. The van der Waals surface area contributed by atoms with Crippen LogP contribution in [-0.2, 0) is 9.53 Å². The van der Waals surface area contributed by atoms with Gasteiger partial charge < -0.3 is 9.94 Å². The Labute approximate surface area is 142 Å². The summed E-state index contributed by atoms with van der Waals surface area (Å²) in [6.45, 7) is 7.94. The minimum atomic E-state index is -0.368. The lowest BCUT2D eigenvalue weighted by Crippen LogP contribution is -2.60. The number of halogens is 1. The molecule has 0 aromatic heterocycles. The van der Waals surface area contributed by atoms with Gasteiger partial charge in [-0.3, -0.25) is 4.79 Å². The highest BCUT2D eigenvalue weighted by atomic mass is 127. The molecule has 0 radical (unpaired) electrons. The zero-order chi connectivity index (χ0) is 16.1. The Morgan fingerprint density at radius 1 is 1.14 bits per heavy atom. The average Bonchev–Trinajstić information content (AvgIpc) is 2.35. The van der Waals surface area contributed by atoms with Gasteiger partial charge in [0.1, 0.15) is 6.10 Å². The number of hydroxylamine groups is 2. The third-order valence-electron chi connectivity index (χ3n) is 4.16. The summed E-state index contributed by atoms with van der Waals surface area (Å²) in [5.41, 5.74) is -0.736. The molecule has 0 aromatic carbocycles. The van der Waals surface area contributed by atoms with Crippen molar-refractivity contribution >= 4 is 28.6 Å². The van der Waals surface area contributed by atoms with E-state index < -0.39 is 0 Å². The number of ether oxygens (including phenoxy) is 1. The molecule has 124 valence electrons. The Balaban J connectivity index is 2.39. The minimum absolute atomic E-state index is 0.0903. The maximum atomic E-state index is 11.9. The van der Waals surface area contributed by atoms with E-state index in [1.165, 1.54) is 22.3 Å². The maximum absolute atomic E-state index is 11.9. The molecule has 1 heterocycles. The molecule has 1 aliphatic rings. The number of carbonyl (C=O) groups excluding carboxylic acids is 1. The Morgan fingerprint density at radius 3 is 2.19 bits per heavy atom. The summed E-state index contributed by atoms with van der Waals surface area (Å²) in [6.07, 6.45) is 6.21. The van der Waals surface area contributed by atoms with Crippen LogP contribution in [0.15, 0.2) is 0 Å². The molecule has 0 atom stereocenters. The van der Waals surface area contributed by atoms with Crippen molar-refractivity contribution in [3.63, 3.8) is 0 Å². The smallest absolute Gasteiger partial charge is 0.306 e. The Kier molecular flexibility index (Phi) is 7.40. The molecule has 1 aliphatic heterocycles. The number of hydrogen-bond acceptors (Lipinski definition) is 4. The quantitative estimate of drug-likeness (QED) is 0.293. The van der Waals surface area contributed by atoms with E-state index >= 15 is 0 Å². The molecule has 1 saturated heterocycles. The van der Waals surface area contributed by atoms with Gasteiger partial charge in [-0.1, -0.05) is 35.4 Å². The van der Waals surface area contributed by atoms with Crippen LogP contribution in [0.5, 0.6) is 0 Å². The van der Waals surface area contributed by atoms with Crippen LogP contribution in [0.25, 0.3) is 0 Å². The fourth-order valence-electron chi connectivity index (χ4n) is 3.22. The summed E-state index contributed by atoms with van der Waals surface area (Å²) < 4.78 is 6.83. The standard InChI is InChI=1S/C16H30INO3/c1-15(2)11-13(12-16(3,4)18(15)20)21-14(19)9-7-5-6-8-10-17/h13,20H,5-12H2,1-4H3. The average molecular weight is 411 g/mol. The topological polar surface area (TPSA) is 49.8 Å². The Bertz CT molecular complexity index is 326. The van der Waals surface area contributed by atoms with Crippen molar-refractivity contribution in [2.45, 2.75) is 89.8 Å². The van der Waals surface area contributed by atoms with Crippen LogP contribution in [0, 0.1) is 0 Å². The van der Waals surface area contributed by atoms with E-state index in [0.29, 0.717) is 19.3 Å². The highest BCUT2D eigenvalue weighted by molar-refractivity contribution is 14.1. The molecular formula is C16H30INO3. The van der Waals surface area contributed by atoms with Crippen molar-refractivity contribution < 1.29 is 14.7 Å². The van der Waals surface area contributed by atoms with Crippen LogP contribution >= 0.6 is 22.6 Å². The Morgan fingerprint density at radius 2 is 1.67 bits per heavy atom. The SMILES string of the molecule is CC1(C)CC(OC(=O)CCCCCCI)CC(C)(C)N1O. The summed E-state index contributed by atoms with van der Waals surface area (Å²) in [5.74, 6) is -0.0903. The molecule has 0 unspecified atom stereocenters. The number of esters is 1. The number of nitrogens with zero attached hydrogens (tertiary/aromatic N) is 1. The number of piperidine rings is 1. The molecule has 0 aromatic rings. The van der Waals surface area contributed by atoms with Crippen molar-refractivity contribution in [3.05, 3.63) is 0 Å². The van der Waals surface area contributed by atoms with E-state index in [2.05, 4.69) is 22.6 Å². The molecule has 1 fully saturated rings. The third-order valence-corrected chi connectivity index (χ3v) is 4.93. The van der Waals surface area contributed by atoms with Crippen molar-refractivity contribution in [2.75, 3.05) is 4.43 Å². The van der Waals surface area contributed by atoms with Crippen LogP contribution in [-0.4, -0.2) is 37.8 Å². The first kappa shape index (κ1) is 19.2. The second-order valence-electron chi connectivity index (χ2n) is 7.31. The fourth-order valence-corrected chi connectivity index (χ4v) is 3.76. The number of hydrogen-bond donors (Lipinski definition) is 1. The van der Waals surface area contributed by atoms with Crippen LogP contribution in [0.2, 0.25) is 0 Å². The molecule has 0 spiro atoms. The Hall–Kier alpha value is 0.120. The summed E-state index contributed by atoms with van der Waals surface area (Å²) in [7, 11) is 0. The predicted octanol–water partition coefficient (Wildman–Crippen LogP) is 4.33. The van der Waals surface area contributed by atoms with Crippen molar-refractivity contribution in [1.82, 2.24) is 5.06 Å². The highest BCUT2D eigenvalue weighted by Gasteiger charge is 2.46. The largest absolute Gasteiger partial charge is 0.462 e. The molecule has 5 heteroatoms. The van der Waals surface area contributed by atoms with Gasteiger partial charge >= 0.3 is 5.97 Å². The van der Waals surface area contributed by atoms with E-state index in [0.717, 1.165) is 12.8 Å². The third kappa shape index (κ3) is 6.02. The molecule has 0 saturated carbocycles. The molecule has 0 amide bonds. The molecular weight excluding hydrogens is 381 g/mol. The zero-order valence-corrected chi connectivity index (χ0v) is 16.0. The summed E-state index contributed by atoms with van der Waals surface area (Å²) in [5, 5.41) is 11.6. The second-order valence-corrected chi connectivity index (χ2v) is 8.39. The summed E-state index contributed by atoms with van der Waals surface area (Å²) >= 11 is 2.38. The first-order chi connectivity index (χ1) is 9.69. The fraction of sp³-hybridized carbons (Fsp3) is 0.938. The van der Waals surface area contributed by atoms with Gasteiger partial charge in [0, 0.05) is 30.3 Å². The minimum Gasteiger partial charge on any atom is -0.462 e. The number of unbranched alkanes of at least 4 members (excludes halogenated alkanes) is 3. The molecule has 1 rings (SSSR count). The lowest BCUT2D eigenvalue weighted by Gasteiger charge is -2.50. The lowest BCUT2D eigenvalue weighted by molar-refractivity contribution is -0.259. The van der Waals surface area contributed by atoms with Crippen LogP contribution in [0.1, 0.15) is 72.6 Å². The van der Waals surface area contributed by atoms with Crippen molar-refractivity contribution in [1.29, 1.82) is 0 Å². The summed E-state index contributed by atoms with van der Waals surface area (Å²) in [6, 6.07) is 0. The summed E-state index contributed by atoms with van der Waals surface area (Å²) in [4.78, 5) is 11.9. The lowest BCUT2D eigenvalue weighted by atomic mass is 9.80. The van der Waals surface area contributed by atoms with E-state index in [-0.39, 0.29) is 23.2 Å². The number of alkyl halides is 1. The van der Waals surface area contributed by atoms with Crippen molar-refractivity contribution in [3.8, 4) is 0 Å². The van der Waals surface area contributed by atoms with Crippen molar-refractivity contribution in [2.24, 2.45) is 0 Å². The van der Waals surface area contributed by atoms with Gasteiger partial charge in [-0.25, -0.2) is 0 Å². The van der Waals surface area contributed by atoms with Crippen LogP contribution in [0.3, 0.4) is 0 Å². The molecule has 0 bridgehead atoms.